The lowest BCUT2D eigenvalue weighted by atomic mass is 10.1. The molecule has 0 fully saturated rings. The van der Waals surface area contributed by atoms with Crippen molar-refractivity contribution in [3.63, 3.8) is 0 Å². The molecular formula is C9H10Br2O. The van der Waals surface area contributed by atoms with Crippen molar-refractivity contribution in [1.82, 2.24) is 0 Å². The summed E-state index contributed by atoms with van der Waals surface area (Å²) >= 11 is 6.86. The third-order valence-electron chi connectivity index (χ3n) is 1.61. The molecule has 0 spiro atoms. The Labute approximate surface area is 89.1 Å². The van der Waals surface area contributed by atoms with Crippen molar-refractivity contribution in [2.24, 2.45) is 0 Å². The summed E-state index contributed by atoms with van der Waals surface area (Å²) in [5, 5.41) is 8.71. The highest BCUT2D eigenvalue weighted by Crippen LogP contribution is 2.26. The van der Waals surface area contributed by atoms with Gasteiger partial charge < -0.3 is 5.11 Å². The van der Waals surface area contributed by atoms with E-state index in [1.807, 2.05) is 24.3 Å². The minimum atomic E-state index is 0.214. The molecule has 1 unspecified atom stereocenters. The first-order valence-corrected chi connectivity index (χ1v) is 5.45. The lowest BCUT2D eigenvalue weighted by molar-refractivity contribution is 0.288. The van der Waals surface area contributed by atoms with E-state index in [1.165, 1.54) is 5.56 Å². The maximum Gasteiger partial charge on any atom is 0.0444 e. The largest absolute Gasteiger partial charge is 0.396 e. The van der Waals surface area contributed by atoms with Crippen LogP contribution >= 0.6 is 31.9 Å². The third-order valence-corrected chi connectivity index (χ3v) is 3.13. The van der Waals surface area contributed by atoms with Gasteiger partial charge in [-0.15, -0.1) is 0 Å². The molecule has 1 rings (SSSR count). The number of aliphatic hydroxyl groups excluding tert-OH is 1. The fourth-order valence-corrected chi connectivity index (χ4v) is 1.73. The number of hydrogen-bond donors (Lipinski definition) is 1. The van der Waals surface area contributed by atoms with E-state index in [0.29, 0.717) is 0 Å². The number of rotatable bonds is 3. The molecule has 1 atom stereocenters. The number of alkyl halides is 1. The van der Waals surface area contributed by atoms with Gasteiger partial charge in [0.1, 0.15) is 0 Å². The summed E-state index contributed by atoms with van der Waals surface area (Å²) in [7, 11) is 0. The monoisotopic (exact) mass is 292 g/mol. The van der Waals surface area contributed by atoms with E-state index in [1.54, 1.807) is 0 Å². The van der Waals surface area contributed by atoms with Gasteiger partial charge in [0.25, 0.3) is 0 Å². The summed E-state index contributed by atoms with van der Waals surface area (Å²) in [6.07, 6.45) is 0.752. The molecule has 0 aromatic heterocycles. The predicted molar refractivity (Wildman–Crippen MR) is 57.5 cm³/mol. The molecule has 1 aromatic rings. The van der Waals surface area contributed by atoms with Crippen LogP contribution in [0.1, 0.15) is 16.8 Å². The van der Waals surface area contributed by atoms with Crippen LogP contribution in [0.15, 0.2) is 28.7 Å². The minimum absolute atomic E-state index is 0.214. The quantitative estimate of drug-likeness (QED) is 0.848. The molecule has 0 bridgehead atoms. The maximum atomic E-state index is 8.71. The molecular weight excluding hydrogens is 284 g/mol. The van der Waals surface area contributed by atoms with Crippen molar-refractivity contribution in [3.05, 3.63) is 34.3 Å². The van der Waals surface area contributed by atoms with Gasteiger partial charge in [-0.05, 0) is 24.1 Å². The lowest BCUT2D eigenvalue weighted by Crippen LogP contribution is -1.92. The van der Waals surface area contributed by atoms with Gasteiger partial charge in [0.2, 0.25) is 0 Å². The molecule has 0 aliphatic heterocycles. The van der Waals surface area contributed by atoms with Gasteiger partial charge in [-0.1, -0.05) is 44.0 Å². The minimum Gasteiger partial charge on any atom is -0.396 e. The summed E-state index contributed by atoms with van der Waals surface area (Å²) in [6.45, 7) is 0.214. The summed E-state index contributed by atoms with van der Waals surface area (Å²) < 4.78 is 1.08. The molecule has 0 saturated heterocycles. The fourth-order valence-electron chi connectivity index (χ4n) is 0.952. The molecule has 3 heteroatoms. The van der Waals surface area contributed by atoms with Crippen LogP contribution in [-0.4, -0.2) is 11.7 Å². The first-order valence-electron chi connectivity index (χ1n) is 3.74. The molecule has 1 nitrogen and oxygen atoms in total. The molecule has 0 radical (unpaired) electrons. The van der Waals surface area contributed by atoms with Crippen molar-refractivity contribution >= 4 is 31.9 Å². The standard InChI is InChI=1S/C9H10Br2O/c10-8-3-1-7(2-4-8)9(11)5-6-12/h1-4,9,12H,5-6H2. The van der Waals surface area contributed by atoms with Gasteiger partial charge in [-0.2, -0.15) is 0 Å². The zero-order valence-corrected chi connectivity index (χ0v) is 9.68. The second-order valence-corrected chi connectivity index (χ2v) is 4.55. The molecule has 0 saturated carbocycles. The zero-order chi connectivity index (χ0) is 8.97. The van der Waals surface area contributed by atoms with E-state index in [-0.39, 0.29) is 11.4 Å². The smallest absolute Gasteiger partial charge is 0.0444 e. The molecule has 1 aromatic carbocycles. The van der Waals surface area contributed by atoms with E-state index >= 15 is 0 Å². The topological polar surface area (TPSA) is 20.2 Å². The molecule has 1 N–H and O–H groups in total. The number of halogens is 2. The SMILES string of the molecule is OCCC(Br)c1ccc(Br)cc1. The van der Waals surface area contributed by atoms with Crippen molar-refractivity contribution < 1.29 is 5.11 Å². The van der Waals surface area contributed by atoms with Crippen LogP contribution in [0.25, 0.3) is 0 Å². The second kappa shape index (κ2) is 5.00. The van der Waals surface area contributed by atoms with E-state index in [4.69, 9.17) is 5.11 Å². The molecule has 12 heavy (non-hydrogen) atoms. The zero-order valence-electron chi connectivity index (χ0n) is 6.50. The molecule has 66 valence electrons. The average molecular weight is 294 g/mol. The van der Waals surface area contributed by atoms with Gasteiger partial charge >= 0.3 is 0 Å². The van der Waals surface area contributed by atoms with Crippen LogP contribution in [-0.2, 0) is 0 Å². The Morgan fingerprint density at radius 2 is 1.83 bits per heavy atom. The molecule has 0 aliphatic carbocycles. The van der Waals surface area contributed by atoms with E-state index in [2.05, 4.69) is 31.9 Å². The molecule has 0 aliphatic rings. The number of aliphatic hydroxyl groups is 1. The second-order valence-electron chi connectivity index (χ2n) is 2.53. The summed E-state index contributed by atoms with van der Waals surface area (Å²) in [4.78, 5) is 0.260. The Morgan fingerprint density at radius 1 is 1.25 bits per heavy atom. The predicted octanol–water partition coefficient (Wildman–Crippen LogP) is 3.27. The summed E-state index contributed by atoms with van der Waals surface area (Å²) in [6, 6.07) is 8.08. The first-order chi connectivity index (χ1) is 5.74. The van der Waals surface area contributed by atoms with Gasteiger partial charge in [-0.3, -0.25) is 0 Å². The van der Waals surface area contributed by atoms with Crippen molar-refractivity contribution in [1.29, 1.82) is 0 Å². The van der Waals surface area contributed by atoms with Crippen LogP contribution < -0.4 is 0 Å². The van der Waals surface area contributed by atoms with Gasteiger partial charge in [0.15, 0.2) is 0 Å². The summed E-state index contributed by atoms with van der Waals surface area (Å²) in [5.74, 6) is 0. The van der Waals surface area contributed by atoms with Crippen LogP contribution in [0, 0.1) is 0 Å². The Kier molecular flexibility index (Phi) is 4.26. The molecule has 0 heterocycles. The Hall–Kier alpha value is 0.140. The van der Waals surface area contributed by atoms with E-state index in [0.717, 1.165) is 10.9 Å². The van der Waals surface area contributed by atoms with Crippen LogP contribution in [0.5, 0.6) is 0 Å². The van der Waals surface area contributed by atoms with Crippen molar-refractivity contribution in [2.45, 2.75) is 11.2 Å². The average Bonchev–Trinajstić information content (AvgIpc) is 2.06. The van der Waals surface area contributed by atoms with E-state index < -0.39 is 0 Å². The van der Waals surface area contributed by atoms with Crippen molar-refractivity contribution in [3.8, 4) is 0 Å². The fraction of sp³-hybridized carbons (Fsp3) is 0.333. The third kappa shape index (κ3) is 2.88. The summed E-state index contributed by atoms with van der Waals surface area (Å²) in [5.41, 5.74) is 1.20. The Balaban J connectivity index is 2.68. The highest BCUT2D eigenvalue weighted by molar-refractivity contribution is 9.10. The Morgan fingerprint density at radius 3 is 2.33 bits per heavy atom. The maximum absolute atomic E-state index is 8.71. The molecule has 0 amide bonds. The highest BCUT2D eigenvalue weighted by Gasteiger charge is 2.05. The number of hydrogen-bond acceptors (Lipinski definition) is 1. The van der Waals surface area contributed by atoms with Crippen molar-refractivity contribution in [2.75, 3.05) is 6.61 Å². The number of benzene rings is 1. The van der Waals surface area contributed by atoms with E-state index in [9.17, 15) is 0 Å². The van der Waals surface area contributed by atoms with Crippen LogP contribution in [0.3, 0.4) is 0 Å². The van der Waals surface area contributed by atoms with Gasteiger partial charge in [-0.25, -0.2) is 0 Å². The van der Waals surface area contributed by atoms with Gasteiger partial charge in [0, 0.05) is 15.9 Å². The van der Waals surface area contributed by atoms with Gasteiger partial charge in [0.05, 0.1) is 0 Å². The van der Waals surface area contributed by atoms with Crippen LogP contribution in [0.2, 0.25) is 0 Å². The normalized spacial score (nSPS) is 12.9. The Bertz CT molecular complexity index is 233. The highest BCUT2D eigenvalue weighted by atomic mass is 79.9. The first kappa shape index (κ1) is 10.2. The lowest BCUT2D eigenvalue weighted by Gasteiger charge is -2.07. The van der Waals surface area contributed by atoms with Crippen LogP contribution in [0.4, 0.5) is 0 Å².